The summed E-state index contributed by atoms with van der Waals surface area (Å²) < 4.78 is 38.3. The van der Waals surface area contributed by atoms with Crippen LogP contribution in [0.3, 0.4) is 0 Å². The van der Waals surface area contributed by atoms with E-state index < -0.39 is 11.6 Å². The normalized spacial score (nSPS) is 24.3. The molecule has 4 fully saturated rings. The monoisotopic (exact) mass is 648 g/mol. The molecule has 1 amide bonds. The Morgan fingerprint density at radius 2 is 2.04 bits per heavy atom. The highest BCUT2D eigenvalue weighted by molar-refractivity contribution is 6.02. The van der Waals surface area contributed by atoms with Crippen LogP contribution in [0, 0.1) is 29.4 Å². The van der Waals surface area contributed by atoms with E-state index >= 15 is 4.39 Å². The van der Waals surface area contributed by atoms with Crippen LogP contribution in [0.15, 0.2) is 49.2 Å². The molecule has 1 spiro atoms. The molecule has 3 atom stereocenters. The van der Waals surface area contributed by atoms with Crippen molar-refractivity contribution < 1.29 is 18.3 Å². The number of halogens is 2. The van der Waals surface area contributed by atoms with Gasteiger partial charge >= 0.3 is 6.01 Å². The first-order chi connectivity index (χ1) is 23.2. The number of aromatic nitrogens is 3. The first kappa shape index (κ1) is 30.7. The molecular weight excluding hydrogens is 610 g/mol. The van der Waals surface area contributed by atoms with Gasteiger partial charge in [-0.25, -0.2) is 8.78 Å². The van der Waals surface area contributed by atoms with Gasteiger partial charge in [0.05, 0.1) is 22.5 Å². The quantitative estimate of drug-likeness (QED) is 0.177. The summed E-state index contributed by atoms with van der Waals surface area (Å²) >= 11 is 0. The van der Waals surface area contributed by atoms with Crippen LogP contribution < -0.4 is 9.64 Å². The molecule has 0 unspecified atom stereocenters. The largest absolute Gasteiger partial charge is 0.461 e. The maximum atomic E-state index is 16.9. The van der Waals surface area contributed by atoms with Crippen LogP contribution in [0.2, 0.25) is 0 Å². The number of carbonyl (C=O) groups excluding carboxylic acids is 1. The molecule has 3 aliphatic heterocycles. The zero-order valence-electron chi connectivity index (χ0n) is 27.3. The summed E-state index contributed by atoms with van der Waals surface area (Å²) in [6.45, 7) is 8.82. The van der Waals surface area contributed by atoms with Gasteiger partial charge in [0.15, 0.2) is 5.82 Å². The van der Waals surface area contributed by atoms with Gasteiger partial charge in [-0.2, -0.15) is 9.97 Å². The van der Waals surface area contributed by atoms with Crippen LogP contribution in [0.1, 0.15) is 51.0 Å². The average Bonchev–Trinajstić information content (AvgIpc) is 3.40. The van der Waals surface area contributed by atoms with E-state index in [1.54, 1.807) is 29.3 Å². The Morgan fingerprint density at radius 3 is 2.81 bits per heavy atom. The van der Waals surface area contributed by atoms with Crippen molar-refractivity contribution in [1.82, 2.24) is 24.8 Å². The predicted octanol–water partition coefficient (Wildman–Crippen LogP) is 6.11. The van der Waals surface area contributed by atoms with Crippen LogP contribution >= 0.6 is 0 Å². The van der Waals surface area contributed by atoms with Gasteiger partial charge in [0.1, 0.15) is 29.5 Å². The minimum absolute atomic E-state index is 0.0115. The topological polar surface area (TPSA) is 74.7 Å². The second-order valence-electron chi connectivity index (χ2n) is 14.1. The van der Waals surface area contributed by atoms with Crippen LogP contribution in [0.4, 0.5) is 14.6 Å². The molecule has 0 radical (unpaired) electrons. The van der Waals surface area contributed by atoms with Crippen LogP contribution in [-0.2, 0) is 4.79 Å². The molecule has 4 aliphatic rings. The third-order valence-electron chi connectivity index (χ3n) is 11.4. The SMILES string of the molecule is C#Cc1c(F)ccc2cccc(-c3ncc4c(N(C)[C@@H]5CCN(C(=O)C=C)[C@@H]5C)nc(OC[C@@]56CCCN5CC5(CC5)C6)nc4c3F)c12. The van der Waals surface area contributed by atoms with Crippen LogP contribution in [0.5, 0.6) is 6.01 Å². The molecule has 1 aliphatic carbocycles. The molecule has 10 heteroatoms. The molecule has 0 bridgehead atoms. The van der Waals surface area contributed by atoms with Gasteiger partial charge in [-0.15, -0.1) is 6.42 Å². The number of pyridine rings is 1. The molecule has 48 heavy (non-hydrogen) atoms. The lowest BCUT2D eigenvalue weighted by atomic mass is 9.89. The lowest BCUT2D eigenvalue weighted by Crippen LogP contribution is -2.44. The number of nitrogens with zero attached hydrogens (tertiary/aromatic N) is 6. The van der Waals surface area contributed by atoms with Crippen molar-refractivity contribution in [2.24, 2.45) is 5.41 Å². The number of fused-ring (bicyclic) bond motifs is 3. The van der Waals surface area contributed by atoms with Crippen molar-refractivity contribution in [3.63, 3.8) is 0 Å². The van der Waals surface area contributed by atoms with Crippen molar-refractivity contribution in [1.29, 1.82) is 0 Å². The Balaban J connectivity index is 1.24. The number of hydrogen-bond acceptors (Lipinski definition) is 7. The highest BCUT2D eigenvalue weighted by Crippen LogP contribution is 2.60. The van der Waals surface area contributed by atoms with Crippen molar-refractivity contribution in [3.8, 4) is 29.6 Å². The second kappa shape index (κ2) is 11.2. The molecule has 5 heterocycles. The average molecular weight is 649 g/mol. The predicted molar refractivity (Wildman–Crippen MR) is 182 cm³/mol. The Morgan fingerprint density at radius 1 is 1.21 bits per heavy atom. The molecule has 0 N–H and O–H groups in total. The molecule has 2 aromatic heterocycles. The molecule has 246 valence electrons. The zero-order valence-corrected chi connectivity index (χ0v) is 27.3. The fourth-order valence-electron chi connectivity index (χ4n) is 8.79. The molecule has 8 nitrogen and oxygen atoms in total. The fourth-order valence-corrected chi connectivity index (χ4v) is 8.79. The lowest BCUT2D eigenvalue weighted by Gasteiger charge is -2.33. The first-order valence-corrected chi connectivity index (χ1v) is 16.8. The van der Waals surface area contributed by atoms with Crippen LogP contribution in [0.25, 0.3) is 32.9 Å². The van der Waals surface area contributed by atoms with E-state index in [9.17, 15) is 9.18 Å². The van der Waals surface area contributed by atoms with E-state index in [0.717, 1.165) is 32.4 Å². The first-order valence-electron chi connectivity index (χ1n) is 16.8. The Bertz CT molecular complexity index is 2040. The van der Waals surface area contributed by atoms with Gasteiger partial charge in [0.2, 0.25) is 5.91 Å². The third-order valence-corrected chi connectivity index (χ3v) is 11.4. The molecule has 1 saturated carbocycles. The van der Waals surface area contributed by atoms with E-state index in [4.69, 9.17) is 16.1 Å². The lowest BCUT2D eigenvalue weighted by molar-refractivity contribution is -0.126. The summed E-state index contributed by atoms with van der Waals surface area (Å²) in [6, 6.07) is 8.07. The highest BCUT2D eigenvalue weighted by Gasteiger charge is 2.60. The standard InChI is InChI=1S/C38H38F2N6O2/c1-5-25-28(39)12-11-24-9-7-10-26(31(24)25)33-32(40)34-27(19-41-33)35(44(4)29-13-18-46(23(29)3)30(47)6-2)43-36(42-34)48-22-38-14-8-17-45(38)21-37(20-38)15-16-37/h1,6-7,9-12,19,23,29H,2,8,13-18,20-22H2,3-4H3/t23-,29-,38+/m1/s1. The maximum absolute atomic E-state index is 16.9. The van der Waals surface area contributed by atoms with Gasteiger partial charge in [-0.05, 0) is 74.9 Å². The Hall–Kier alpha value is -4.62. The minimum atomic E-state index is -0.671. The third kappa shape index (κ3) is 4.73. The Kier molecular flexibility index (Phi) is 7.18. The molecule has 3 saturated heterocycles. The Labute approximate surface area is 278 Å². The smallest absolute Gasteiger partial charge is 0.319 e. The summed E-state index contributed by atoms with van der Waals surface area (Å²) in [5.74, 6) is 1.55. The molecule has 2 aromatic carbocycles. The van der Waals surface area contributed by atoms with E-state index in [1.807, 2.05) is 24.9 Å². The molecule has 4 aromatic rings. The summed E-state index contributed by atoms with van der Waals surface area (Å²) in [7, 11) is 1.90. The number of anilines is 1. The van der Waals surface area contributed by atoms with E-state index in [2.05, 4.69) is 27.4 Å². The van der Waals surface area contributed by atoms with E-state index in [1.165, 1.54) is 25.0 Å². The summed E-state index contributed by atoms with van der Waals surface area (Å²) in [5, 5.41) is 1.50. The number of ether oxygens (including phenoxy) is 1. The maximum Gasteiger partial charge on any atom is 0.319 e. The number of carbonyl (C=O) groups is 1. The number of benzene rings is 2. The van der Waals surface area contributed by atoms with Gasteiger partial charge in [0, 0.05) is 43.3 Å². The van der Waals surface area contributed by atoms with Gasteiger partial charge < -0.3 is 14.5 Å². The number of amides is 1. The number of rotatable bonds is 7. The van der Waals surface area contributed by atoms with Crippen molar-refractivity contribution in [3.05, 3.63) is 66.4 Å². The highest BCUT2D eigenvalue weighted by atomic mass is 19.1. The van der Waals surface area contributed by atoms with Gasteiger partial charge in [-0.1, -0.05) is 36.8 Å². The van der Waals surface area contributed by atoms with Crippen LogP contribution in [-0.4, -0.2) is 81.6 Å². The van der Waals surface area contributed by atoms with Gasteiger partial charge in [0.25, 0.3) is 0 Å². The van der Waals surface area contributed by atoms with E-state index in [-0.39, 0.29) is 46.3 Å². The number of terminal acetylenes is 1. The molecule has 8 rings (SSSR count). The zero-order chi connectivity index (χ0) is 33.4. The van der Waals surface area contributed by atoms with E-state index in [0.29, 0.717) is 52.5 Å². The fraction of sp³-hybridized carbons (Fsp3) is 0.421. The summed E-state index contributed by atoms with van der Waals surface area (Å²) in [6.07, 6.45) is 15.1. The van der Waals surface area contributed by atoms with Crippen molar-refractivity contribution in [2.45, 2.75) is 63.1 Å². The van der Waals surface area contributed by atoms with Gasteiger partial charge in [-0.3, -0.25) is 14.7 Å². The summed E-state index contributed by atoms with van der Waals surface area (Å²) in [4.78, 5) is 33.1. The number of likely N-dealkylation sites (tertiary alicyclic amines) is 1. The van der Waals surface area contributed by atoms with Crippen molar-refractivity contribution in [2.75, 3.05) is 38.2 Å². The molecular formula is C38H38F2N6O2. The summed E-state index contributed by atoms with van der Waals surface area (Å²) in [5.41, 5.74) is 0.840. The number of likely N-dealkylation sites (N-methyl/N-ethyl adjacent to an activating group) is 1. The second-order valence-corrected chi connectivity index (χ2v) is 14.1. The number of hydrogen-bond donors (Lipinski definition) is 0. The van der Waals surface area contributed by atoms with Crippen molar-refractivity contribution >= 4 is 33.4 Å². The minimum Gasteiger partial charge on any atom is -0.461 e.